The number of hydrogen-bond donors (Lipinski definition) is 0. The summed E-state index contributed by atoms with van der Waals surface area (Å²) in [7, 11) is 1.36. The lowest BCUT2D eigenvalue weighted by atomic mass is 9.82. The van der Waals surface area contributed by atoms with Crippen LogP contribution in [-0.4, -0.2) is 37.4 Å². The van der Waals surface area contributed by atoms with Crippen LogP contribution in [0.2, 0.25) is 0 Å². The first-order valence-electron chi connectivity index (χ1n) is 10.5. The van der Waals surface area contributed by atoms with Crippen LogP contribution in [0, 0.1) is 11.8 Å². The van der Waals surface area contributed by atoms with Crippen molar-refractivity contribution in [2.45, 2.75) is 38.3 Å². The molecular formula is C23H25F3N2O3. The number of halogens is 3. The third-order valence-electron chi connectivity index (χ3n) is 6.20. The second-order valence-electron chi connectivity index (χ2n) is 8.19. The van der Waals surface area contributed by atoms with Gasteiger partial charge in [0.25, 0.3) is 0 Å². The molecule has 1 aliphatic heterocycles. The molecule has 0 amide bonds. The van der Waals surface area contributed by atoms with Crippen molar-refractivity contribution in [2.75, 3.05) is 25.2 Å². The van der Waals surface area contributed by atoms with E-state index in [9.17, 15) is 18.0 Å². The van der Waals surface area contributed by atoms with Gasteiger partial charge in [-0.05, 0) is 61.8 Å². The van der Waals surface area contributed by atoms with Gasteiger partial charge in [0.05, 0.1) is 43.3 Å². The average molecular weight is 434 g/mol. The molecule has 1 saturated carbocycles. The molecule has 4 rings (SSSR count). The third kappa shape index (κ3) is 4.78. The molecule has 5 nitrogen and oxygen atoms in total. The minimum atomic E-state index is -4.09. The third-order valence-corrected chi connectivity index (χ3v) is 6.20. The van der Waals surface area contributed by atoms with E-state index in [-0.39, 0.29) is 24.7 Å². The monoisotopic (exact) mass is 434 g/mol. The highest BCUT2D eigenvalue weighted by molar-refractivity contribution is 5.90. The summed E-state index contributed by atoms with van der Waals surface area (Å²) in [5.74, 6) is -0.798. The Morgan fingerprint density at radius 3 is 2.65 bits per heavy atom. The Morgan fingerprint density at radius 2 is 1.94 bits per heavy atom. The summed E-state index contributed by atoms with van der Waals surface area (Å²) >= 11 is 0. The highest BCUT2D eigenvalue weighted by atomic mass is 19.4. The molecule has 8 heteroatoms. The van der Waals surface area contributed by atoms with Gasteiger partial charge in [0.2, 0.25) is 0 Å². The van der Waals surface area contributed by atoms with Gasteiger partial charge in [-0.3, -0.25) is 4.98 Å². The number of hydrogen-bond acceptors (Lipinski definition) is 5. The first-order chi connectivity index (χ1) is 14.8. The van der Waals surface area contributed by atoms with Crippen LogP contribution in [0.25, 0.3) is 0 Å². The number of rotatable bonds is 5. The molecule has 0 unspecified atom stereocenters. The Bertz CT molecular complexity index is 940. The summed E-state index contributed by atoms with van der Waals surface area (Å²) in [6.45, 7) is 1.15. The molecule has 2 aromatic rings. The van der Waals surface area contributed by atoms with Crippen molar-refractivity contribution < 1.29 is 27.4 Å². The van der Waals surface area contributed by atoms with Crippen molar-refractivity contribution in [2.24, 2.45) is 11.8 Å². The number of fused-ring (bicyclic) bond motifs is 1. The summed E-state index contributed by atoms with van der Waals surface area (Å²) in [6.07, 6.45) is 1.49. The minimum Gasteiger partial charge on any atom is -0.492 e. The van der Waals surface area contributed by atoms with Gasteiger partial charge in [0.1, 0.15) is 5.75 Å². The molecule has 31 heavy (non-hydrogen) atoms. The van der Waals surface area contributed by atoms with E-state index in [4.69, 9.17) is 9.47 Å². The zero-order valence-corrected chi connectivity index (χ0v) is 17.3. The number of ether oxygens (including phenoxy) is 2. The van der Waals surface area contributed by atoms with Crippen LogP contribution in [0.4, 0.5) is 24.5 Å². The first kappa shape index (κ1) is 21.5. The lowest BCUT2D eigenvalue weighted by molar-refractivity contribution is -0.184. The number of benzene rings is 1. The summed E-state index contributed by atoms with van der Waals surface area (Å²) in [5, 5.41) is 0. The molecule has 0 bridgehead atoms. The molecule has 2 aliphatic rings. The average Bonchev–Trinajstić information content (AvgIpc) is 3.20. The summed E-state index contributed by atoms with van der Waals surface area (Å²) in [4.78, 5) is 18.2. The maximum atomic E-state index is 12.8. The van der Waals surface area contributed by atoms with Gasteiger partial charge in [-0.2, -0.15) is 13.2 Å². The fourth-order valence-electron chi connectivity index (χ4n) is 4.42. The number of carbonyl (C=O) groups excluding carboxylic acids is 1. The number of pyridine rings is 1. The molecule has 2 heterocycles. The van der Waals surface area contributed by atoms with E-state index < -0.39 is 12.1 Å². The van der Waals surface area contributed by atoms with E-state index in [0.29, 0.717) is 30.8 Å². The Kier molecular flexibility index (Phi) is 6.07. The lowest BCUT2D eigenvalue weighted by Gasteiger charge is -2.29. The maximum Gasteiger partial charge on any atom is 0.391 e. The molecule has 1 fully saturated rings. The lowest BCUT2D eigenvalue weighted by Crippen LogP contribution is -2.29. The number of carbonyl (C=O) groups is 1. The van der Waals surface area contributed by atoms with E-state index >= 15 is 0 Å². The van der Waals surface area contributed by atoms with E-state index in [1.165, 1.54) is 7.11 Å². The smallest absolute Gasteiger partial charge is 0.391 e. The zero-order chi connectivity index (χ0) is 22.0. The Morgan fingerprint density at radius 1 is 1.16 bits per heavy atom. The largest absolute Gasteiger partial charge is 0.492 e. The fraction of sp³-hybridized carbons (Fsp3) is 0.478. The number of nitrogens with zero attached hydrogens (tertiary/aromatic N) is 2. The molecule has 1 aromatic carbocycles. The summed E-state index contributed by atoms with van der Waals surface area (Å²) in [5.41, 5.74) is 3.48. The van der Waals surface area contributed by atoms with Crippen molar-refractivity contribution in [3.05, 3.63) is 47.8 Å². The SMILES string of the molecule is COC(=O)c1ccc2c(c1)CCN2c1cncc(OCC2CCC(C(F)(F)F)CC2)c1. The van der Waals surface area contributed by atoms with Crippen molar-refractivity contribution in [1.82, 2.24) is 4.98 Å². The van der Waals surface area contributed by atoms with Gasteiger partial charge in [0.15, 0.2) is 0 Å². The van der Waals surface area contributed by atoms with E-state index in [1.807, 2.05) is 18.2 Å². The van der Waals surface area contributed by atoms with Gasteiger partial charge in [-0.15, -0.1) is 0 Å². The molecule has 0 spiro atoms. The highest BCUT2D eigenvalue weighted by Gasteiger charge is 2.41. The number of anilines is 2. The van der Waals surface area contributed by atoms with Crippen molar-refractivity contribution >= 4 is 17.3 Å². The van der Waals surface area contributed by atoms with Crippen LogP contribution in [0.15, 0.2) is 36.7 Å². The van der Waals surface area contributed by atoms with Crippen molar-refractivity contribution in [3.8, 4) is 5.75 Å². The standard InChI is InChI=1S/C23H25F3N2O3/c1-30-22(29)17-4-7-21-16(10-17)8-9-28(21)19-11-20(13-27-12-19)31-14-15-2-5-18(6-3-15)23(24,25)26/h4,7,10-13,15,18H,2-3,5-6,8-9,14H2,1H3. The van der Waals surface area contributed by atoms with E-state index in [2.05, 4.69) is 9.88 Å². The molecule has 1 aromatic heterocycles. The van der Waals surface area contributed by atoms with Crippen LogP contribution in [0.3, 0.4) is 0 Å². The molecule has 0 radical (unpaired) electrons. The summed E-state index contributed by atoms with van der Waals surface area (Å²) < 4.78 is 49.2. The predicted molar refractivity (Wildman–Crippen MR) is 110 cm³/mol. The normalized spacial score (nSPS) is 21.0. The van der Waals surface area contributed by atoms with Crippen LogP contribution >= 0.6 is 0 Å². The highest BCUT2D eigenvalue weighted by Crippen LogP contribution is 2.40. The molecule has 0 saturated heterocycles. The number of methoxy groups -OCH3 is 1. The Labute approximate surface area is 179 Å². The molecule has 0 N–H and O–H groups in total. The van der Waals surface area contributed by atoms with Crippen molar-refractivity contribution in [3.63, 3.8) is 0 Å². The fourth-order valence-corrected chi connectivity index (χ4v) is 4.42. The molecule has 0 atom stereocenters. The molecule has 1 aliphatic carbocycles. The number of aromatic nitrogens is 1. The van der Waals surface area contributed by atoms with Crippen LogP contribution in [0.1, 0.15) is 41.6 Å². The Hall–Kier alpha value is -2.77. The van der Waals surface area contributed by atoms with Gasteiger partial charge in [0, 0.05) is 18.3 Å². The topological polar surface area (TPSA) is 51.7 Å². The second-order valence-corrected chi connectivity index (χ2v) is 8.19. The number of esters is 1. The molecular weight excluding hydrogens is 409 g/mol. The second kappa shape index (κ2) is 8.77. The first-order valence-corrected chi connectivity index (χ1v) is 10.5. The van der Waals surface area contributed by atoms with Crippen LogP contribution < -0.4 is 9.64 Å². The maximum absolute atomic E-state index is 12.8. The Balaban J connectivity index is 1.38. The van der Waals surface area contributed by atoms with Crippen LogP contribution in [0.5, 0.6) is 5.75 Å². The zero-order valence-electron chi connectivity index (χ0n) is 17.3. The number of alkyl halides is 3. The summed E-state index contributed by atoms with van der Waals surface area (Å²) in [6, 6.07) is 7.40. The minimum absolute atomic E-state index is 0.131. The van der Waals surface area contributed by atoms with Gasteiger partial charge in [-0.1, -0.05) is 0 Å². The predicted octanol–water partition coefficient (Wildman–Crippen LogP) is 5.31. The van der Waals surface area contributed by atoms with Crippen molar-refractivity contribution in [1.29, 1.82) is 0 Å². The quantitative estimate of drug-likeness (QED) is 0.597. The van der Waals surface area contributed by atoms with Gasteiger partial charge in [-0.25, -0.2) is 4.79 Å². The van der Waals surface area contributed by atoms with Gasteiger partial charge >= 0.3 is 12.1 Å². The van der Waals surface area contributed by atoms with E-state index in [1.54, 1.807) is 18.5 Å². The van der Waals surface area contributed by atoms with Crippen LogP contribution in [-0.2, 0) is 11.2 Å². The van der Waals surface area contributed by atoms with Gasteiger partial charge < -0.3 is 14.4 Å². The molecule has 166 valence electrons. The van der Waals surface area contributed by atoms with E-state index in [0.717, 1.165) is 29.9 Å².